The van der Waals surface area contributed by atoms with Crippen molar-refractivity contribution in [2.45, 2.75) is 42.5 Å². The minimum absolute atomic E-state index is 0.0211. The number of benzene rings is 1. The van der Waals surface area contributed by atoms with Gasteiger partial charge in [0.05, 0.1) is 4.90 Å². The molecule has 0 unspecified atom stereocenters. The molecule has 7 nitrogen and oxygen atoms in total. The van der Waals surface area contributed by atoms with Crippen molar-refractivity contribution in [2.75, 3.05) is 40.4 Å². The highest BCUT2D eigenvalue weighted by Gasteiger charge is 2.26. The average Bonchev–Trinajstić information content (AvgIpc) is 2.69. The molecule has 2 saturated heterocycles. The van der Waals surface area contributed by atoms with E-state index in [4.69, 9.17) is 4.74 Å². The highest BCUT2D eigenvalue weighted by molar-refractivity contribution is 7.89. The monoisotopic (exact) mass is 395 g/mol. The van der Waals surface area contributed by atoms with E-state index in [1.54, 1.807) is 12.1 Å². The molecule has 150 valence electrons. The van der Waals surface area contributed by atoms with E-state index in [9.17, 15) is 13.2 Å². The number of amides is 2. The number of carbonyl (C=O) groups excluding carboxylic acids is 1. The van der Waals surface area contributed by atoms with Crippen molar-refractivity contribution < 1.29 is 17.9 Å². The van der Waals surface area contributed by atoms with Crippen LogP contribution in [0, 0.1) is 0 Å². The van der Waals surface area contributed by atoms with Crippen LogP contribution < -0.4 is 5.32 Å². The Hall–Kier alpha value is -1.64. The van der Waals surface area contributed by atoms with E-state index < -0.39 is 10.0 Å². The first-order chi connectivity index (χ1) is 12.9. The van der Waals surface area contributed by atoms with Gasteiger partial charge in [-0.3, -0.25) is 0 Å². The molecular weight excluding hydrogens is 366 g/mol. The number of sulfonamides is 1. The number of nitrogens with one attached hydrogen (secondary N) is 1. The SMILES string of the molecule is CN(C)S(=O)(=O)c1ccc(C2CCN(C(=O)NC3CCOCC3)CC2)cc1. The molecule has 1 N–H and O–H groups in total. The Labute approximate surface area is 161 Å². The van der Waals surface area contributed by atoms with Gasteiger partial charge in [0.25, 0.3) is 0 Å². The quantitative estimate of drug-likeness (QED) is 0.846. The molecule has 27 heavy (non-hydrogen) atoms. The van der Waals surface area contributed by atoms with Gasteiger partial charge in [0.1, 0.15) is 0 Å². The number of hydrogen-bond donors (Lipinski definition) is 1. The maximum atomic E-state index is 12.4. The summed E-state index contributed by atoms with van der Waals surface area (Å²) in [5.74, 6) is 0.355. The minimum Gasteiger partial charge on any atom is -0.381 e. The summed E-state index contributed by atoms with van der Waals surface area (Å²) in [7, 11) is -0.331. The number of piperidine rings is 1. The van der Waals surface area contributed by atoms with Crippen LogP contribution in [0.1, 0.15) is 37.2 Å². The summed E-state index contributed by atoms with van der Waals surface area (Å²) in [6, 6.07) is 7.39. The van der Waals surface area contributed by atoms with Crippen molar-refractivity contribution in [1.82, 2.24) is 14.5 Å². The van der Waals surface area contributed by atoms with Crippen LogP contribution in [0.3, 0.4) is 0 Å². The Balaban J connectivity index is 1.53. The number of carbonyl (C=O) groups is 1. The molecule has 0 atom stereocenters. The van der Waals surface area contributed by atoms with Gasteiger partial charge in [0.15, 0.2) is 0 Å². The first kappa shape index (κ1) is 20.1. The molecule has 0 aliphatic carbocycles. The summed E-state index contributed by atoms with van der Waals surface area (Å²) in [6.07, 6.45) is 3.54. The maximum absolute atomic E-state index is 12.4. The Morgan fingerprint density at radius 1 is 1.07 bits per heavy atom. The molecule has 0 radical (unpaired) electrons. The van der Waals surface area contributed by atoms with Crippen molar-refractivity contribution >= 4 is 16.1 Å². The van der Waals surface area contributed by atoms with Crippen LogP contribution in [0.2, 0.25) is 0 Å². The summed E-state index contributed by atoms with van der Waals surface area (Å²) in [5.41, 5.74) is 1.14. The Bertz CT molecular complexity index is 735. The summed E-state index contributed by atoms with van der Waals surface area (Å²) >= 11 is 0. The predicted octanol–water partition coefficient (Wildman–Crippen LogP) is 2.00. The summed E-state index contributed by atoms with van der Waals surface area (Å²) in [6.45, 7) is 2.87. The lowest BCUT2D eigenvalue weighted by molar-refractivity contribution is 0.0775. The largest absolute Gasteiger partial charge is 0.381 e. The zero-order valence-corrected chi connectivity index (χ0v) is 16.9. The van der Waals surface area contributed by atoms with Gasteiger partial charge in [-0.25, -0.2) is 17.5 Å². The van der Waals surface area contributed by atoms with Crippen LogP contribution >= 0.6 is 0 Å². The van der Waals surface area contributed by atoms with Crippen molar-refractivity contribution in [1.29, 1.82) is 0 Å². The number of urea groups is 1. The number of hydrogen-bond acceptors (Lipinski definition) is 4. The molecule has 0 saturated carbocycles. The molecule has 0 aromatic heterocycles. The van der Waals surface area contributed by atoms with E-state index in [2.05, 4.69) is 5.32 Å². The van der Waals surface area contributed by atoms with E-state index in [0.29, 0.717) is 24.0 Å². The number of ether oxygens (including phenoxy) is 1. The second-order valence-electron chi connectivity index (χ2n) is 7.45. The van der Waals surface area contributed by atoms with Crippen molar-refractivity contribution in [3.63, 3.8) is 0 Å². The van der Waals surface area contributed by atoms with E-state index in [0.717, 1.165) is 44.3 Å². The average molecular weight is 396 g/mol. The van der Waals surface area contributed by atoms with Crippen molar-refractivity contribution in [3.8, 4) is 0 Å². The molecule has 3 rings (SSSR count). The molecule has 2 aliphatic heterocycles. The normalized spacial score (nSPS) is 20.0. The first-order valence-electron chi connectivity index (χ1n) is 9.53. The van der Waals surface area contributed by atoms with Crippen molar-refractivity contribution in [3.05, 3.63) is 29.8 Å². The lowest BCUT2D eigenvalue weighted by Gasteiger charge is -2.34. The zero-order valence-electron chi connectivity index (χ0n) is 16.1. The molecule has 1 aromatic rings. The van der Waals surface area contributed by atoms with E-state index >= 15 is 0 Å². The minimum atomic E-state index is -3.40. The molecule has 2 amide bonds. The fraction of sp³-hybridized carbons (Fsp3) is 0.632. The lowest BCUT2D eigenvalue weighted by atomic mass is 9.89. The standard InChI is InChI=1S/C19H29N3O4S/c1-21(2)27(24,25)18-5-3-15(4-6-18)16-7-11-22(12-8-16)19(23)20-17-9-13-26-14-10-17/h3-6,16-17H,7-14H2,1-2H3,(H,20,23). The molecular formula is C19H29N3O4S. The highest BCUT2D eigenvalue weighted by atomic mass is 32.2. The van der Waals surface area contributed by atoms with Crippen LogP contribution in [-0.2, 0) is 14.8 Å². The Morgan fingerprint density at radius 2 is 1.67 bits per heavy atom. The number of rotatable bonds is 4. The molecule has 2 fully saturated rings. The predicted molar refractivity (Wildman–Crippen MR) is 103 cm³/mol. The van der Waals surface area contributed by atoms with Gasteiger partial charge >= 0.3 is 6.03 Å². The zero-order chi connectivity index (χ0) is 19.4. The van der Waals surface area contributed by atoms with Gasteiger partial charge < -0.3 is 15.0 Å². The summed E-state index contributed by atoms with van der Waals surface area (Å²) < 4.78 is 30.9. The second-order valence-corrected chi connectivity index (χ2v) is 9.61. The molecule has 1 aromatic carbocycles. The van der Waals surface area contributed by atoms with Crippen molar-refractivity contribution in [2.24, 2.45) is 0 Å². The van der Waals surface area contributed by atoms with Crippen LogP contribution in [0.5, 0.6) is 0 Å². The fourth-order valence-electron chi connectivity index (χ4n) is 3.65. The third-order valence-electron chi connectivity index (χ3n) is 5.46. The molecule has 0 bridgehead atoms. The maximum Gasteiger partial charge on any atom is 0.317 e. The molecule has 2 aliphatic rings. The number of likely N-dealkylation sites (tertiary alicyclic amines) is 1. The topological polar surface area (TPSA) is 79.0 Å². The third kappa shape index (κ3) is 4.80. The van der Waals surface area contributed by atoms with Crippen LogP contribution in [0.15, 0.2) is 29.2 Å². The van der Waals surface area contributed by atoms with Gasteiger partial charge in [-0.15, -0.1) is 0 Å². The number of nitrogens with zero attached hydrogens (tertiary/aromatic N) is 2. The Kier molecular flexibility index (Phi) is 6.39. The lowest BCUT2D eigenvalue weighted by Crippen LogP contribution is -2.48. The van der Waals surface area contributed by atoms with E-state index in [-0.39, 0.29) is 12.1 Å². The van der Waals surface area contributed by atoms with Gasteiger partial charge in [-0.1, -0.05) is 12.1 Å². The van der Waals surface area contributed by atoms with E-state index in [1.165, 1.54) is 18.4 Å². The molecule has 0 spiro atoms. The van der Waals surface area contributed by atoms with Crippen LogP contribution in [0.4, 0.5) is 4.79 Å². The van der Waals surface area contributed by atoms with Crippen LogP contribution in [0.25, 0.3) is 0 Å². The Morgan fingerprint density at radius 3 is 2.22 bits per heavy atom. The first-order valence-corrected chi connectivity index (χ1v) is 11.0. The smallest absolute Gasteiger partial charge is 0.317 e. The second kappa shape index (κ2) is 8.58. The molecule has 8 heteroatoms. The highest BCUT2D eigenvalue weighted by Crippen LogP contribution is 2.29. The van der Waals surface area contributed by atoms with Gasteiger partial charge in [0.2, 0.25) is 10.0 Å². The summed E-state index contributed by atoms with van der Waals surface area (Å²) in [5, 5.41) is 3.11. The van der Waals surface area contributed by atoms with Gasteiger partial charge in [-0.05, 0) is 49.3 Å². The van der Waals surface area contributed by atoms with Crippen LogP contribution in [-0.4, -0.2) is 70.1 Å². The van der Waals surface area contributed by atoms with Gasteiger partial charge in [-0.2, -0.15) is 0 Å². The fourth-order valence-corrected chi connectivity index (χ4v) is 4.55. The molecule has 2 heterocycles. The summed E-state index contributed by atoms with van der Waals surface area (Å²) in [4.78, 5) is 14.6. The third-order valence-corrected chi connectivity index (χ3v) is 7.29. The van der Waals surface area contributed by atoms with Gasteiger partial charge in [0, 0.05) is 46.4 Å². The van der Waals surface area contributed by atoms with E-state index in [1.807, 2.05) is 17.0 Å².